The summed E-state index contributed by atoms with van der Waals surface area (Å²) in [7, 11) is 0. The molecular weight excluding hydrogens is 423 g/mol. The Labute approximate surface area is 162 Å². The molecule has 0 aromatic heterocycles. The van der Waals surface area contributed by atoms with E-state index in [-0.39, 0.29) is 12.3 Å². The molecule has 4 rings (SSSR count). The topological polar surface area (TPSA) is 32.7 Å². The van der Waals surface area contributed by atoms with Crippen molar-refractivity contribution in [2.24, 2.45) is 4.99 Å². The van der Waals surface area contributed by atoms with Crippen molar-refractivity contribution >= 4 is 39.8 Å². The fraction of sp³-hybridized carbons (Fsp3) is 0.333. The Balaban J connectivity index is 1.68. The third-order valence-electron chi connectivity index (χ3n) is 5.03. The van der Waals surface area contributed by atoms with Crippen LogP contribution in [0.4, 0.5) is 5.69 Å². The zero-order chi connectivity index (χ0) is 17.2. The number of carbonyl (C=O) groups excluding carboxylic acids is 1. The lowest BCUT2D eigenvalue weighted by Gasteiger charge is -2.25. The average molecular weight is 444 g/mol. The lowest BCUT2D eigenvalue weighted by molar-refractivity contribution is 0.1000. The van der Waals surface area contributed by atoms with E-state index < -0.39 is 0 Å². The molecular formula is C21H21IN2O. The number of hydrogen-bond acceptors (Lipinski definition) is 3. The summed E-state index contributed by atoms with van der Waals surface area (Å²) in [6, 6.07) is 14.4. The van der Waals surface area contributed by atoms with Crippen molar-refractivity contribution in [1.82, 2.24) is 0 Å². The largest absolute Gasteiger partial charge is 0.371 e. The highest BCUT2D eigenvalue weighted by atomic mass is 127. The predicted octanol–water partition coefficient (Wildman–Crippen LogP) is 4.71. The first kappa shape index (κ1) is 16.8. The van der Waals surface area contributed by atoms with Gasteiger partial charge in [-0.1, -0.05) is 43.2 Å². The highest BCUT2D eigenvalue weighted by molar-refractivity contribution is 14.1. The van der Waals surface area contributed by atoms with Crippen molar-refractivity contribution in [1.29, 1.82) is 0 Å². The second-order valence-corrected chi connectivity index (χ2v) is 7.86. The fourth-order valence-corrected chi connectivity index (χ4v) is 4.58. The molecule has 4 heteroatoms. The first-order chi connectivity index (χ1) is 12.2. The number of benzene rings is 2. The molecule has 0 amide bonds. The summed E-state index contributed by atoms with van der Waals surface area (Å²) in [5, 5.41) is 0. The van der Waals surface area contributed by atoms with Gasteiger partial charge in [0.1, 0.15) is 6.54 Å². The summed E-state index contributed by atoms with van der Waals surface area (Å²) in [4.78, 5) is 19.2. The normalized spacial score (nSPS) is 17.7. The van der Waals surface area contributed by atoms with Gasteiger partial charge in [0.2, 0.25) is 0 Å². The van der Waals surface area contributed by atoms with Crippen molar-refractivity contribution in [2.75, 3.05) is 24.5 Å². The molecule has 0 unspecified atom stereocenters. The van der Waals surface area contributed by atoms with E-state index in [1.54, 1.807) is 0 Å². The summed E-state index contributed by atoms with van der Waals surface area (Å²) in [5.74, 6) is 0.107. The molecule has 0 N–H and O–H groups in total. The minimum absolute atomic E-state index is 0.107. The van der Waals surface area contributed by atoms with Gasteiger partial charge < -0.3 is 4.90 Å². The van der Waals surface area contributed by atoms with Crippen molar-refractivity contribution in [3.05, 3.63) is 62.7 Å². The molecule has 0 saturated carbocycles. The van der Waals surface area contributed by atoms with Crippen LogP contribution in [-0.2, 0) is 0 Å². The van der Waals surface area contributed by atoms with Gasteiger partial charge in [0, 0.05) is 33.4 Å². The molecule has 25 heavy (non-hydrogen) atoms. The third kappa shape index (κ3) is 3.36. The fourth-order valence-electron chi connectivity index (χ4n) is 3.72. The van der Waals surface area contributed by atoms with Crippen LogP contribution >= 0.6 is 22.6 Å². The van der Waals surface area contributed by atoms with Crippen LogP contribution in [0, 0.1) is 3.57 Å². The first-order valence-corrected chi connectivity index (χ1v) is 10.0. The van der Waals surface area contributed by atoms with Crippen LogP contribution in [0.1, 0.15) is 47.2 Å². The molecule has 2 heterocycles. The molecule has 2 aliphatic rings. The van der Waals surface area contributed by atoms with Gasteiger partial charge in [-0.05, 0) is 47.6 Å². The average Bonchev–Trinajstić information content (AvgIpc) is 2.91. The standard InChI is InChI=1S/C21H21IN2O/c22-18-13-15(9-10-19(18)24-11-5-1-2-6-12-24)21-17-8-4-3-7-16(17)20(25)14-23-21/h3-4,7-10,13H,1-2,5-6,11-12,14H2. The van der Waals surface area contributed by atoms with Gasteiger partial charge in [-0.2, -0.15) is 0 Å². The Hall–Kier alpha value is -1.69. The summed E-state index contributed by atoms with van der Waals surface area (Å²) in [6.07, 6.45) is 5.24. The third-order valence-corrected chi connectivity index (χ3v) is 5.90. The van der Waals surface area contributed by atoms with E-state index in [1.807, 2.05) is 24.3 Å². The molecule has 0 radical (unpaired) electrons. The summed E-state index contributed by atoms with van der Waals surface area (Å²) in [6.45, 7) is 2.54. The maximum atomic E-state index is 12.1. The predicted molar refractivity (Wildman–Crippen MR) is 111 cm³/mol. The van der Waals surface area contributed by atoms with Crippen molar-refractivity contribution in [3.63, 3.8) is 0 Å². The zero-order valence-corrected chi connectivity index (χ0v) is 16.3. The zero-order valence-electron chi connectivity index (χ0n) is 14.2. The van der Waals surface area contributed by atoms with Crippen LogP contribution in [-0.4, -0.2) is 31.1 Å². The van der Waals surface area contributed by atoms with E-state index in [0.29, 0.717) is 0 Å². The van der Waals surface area contributed by atoms with Crippen LogP contribution in [0.25, 0.3) is 0 Å². The highest BCUT2D eigenvalue weighted by Crippen LogP contribution is 2.28. The Morgan fingerprint density at radius 1 is 0.920 bits per heavy atom. The van der Waals surface area contributed by atoms with Gasteiger partial charge in [-0.25, -0.2) is 0 Å². The second kappa shape index (κ2) is 7.28. The second-order valence-electron chi connectivity index (χ2n) is 6.70. The Morgan fingerprint density at radius 3 is 2.36 bits per heavy atom. The molecule has 0 spiro atoms. The molecule has 2 aliphatic heterocycles. The number of anilines is 1. The minimum atomic E-state index is 0.107. The molecule has 1 saturated heterocycles. The van der Waals surface area contributed by atoms with Gasteiger partial charge in [0.15, 0.2) is 5.78 Å². The van der Waals surface area contributed by atoms with Gasteiger partial charge in [0.25, 0.3) is 0 Å². The number of halogens is 1. The molecule has 1 fully saturated rings. The number of aliphatic imine (C=N–C) groups is 1. The van der Waals surface area contributed by atoms with Gasteiger partial charge in [0.05, 0.1) is 11.4 Å². The first-order valence-electron chi connectivity index (χ1n) is 8.96. The molecule has 128 valence electrons. The van der Waals surface area contributed by atoms with Crippen LogP contribution in [0.3, 0.4) is 0 Å². The number of rotatable bonds is 2. The monoisotopic (exact) mass is 444 g/mol. The number of fused-ring (bicyclic) bond motifs is 1. The number of nitrogens with zero attached hydrogens (tertiary/aromatic N) is 2. The number of carbonyl (C=O) groups is 1. The van der Waals surface area contributed by atoms with E-state index in [0.717, 1.165) is 35.5 Å². The van der Waals surface area contributed by atoms with Crippen LogP contribution in [0.2, 0.25) is 0 Å². The van der Waals surface area contributed by atoms with Crippen LogP contribution < -0.4 is 4.90 Å². The van der Waals surface area contributed by atoms with Crippen molar-refractivity contribution < 1.29 is 4.79 Å². The minimum Gasteiger partial charge on any atom is -0.371 e. The van der Waals surface area contributed by atoms with Gasteiger partial charge >= 0.3 is 0 Å². The summed E-state index contributed by atoms with van der Waals surface area (Å²) < 4.78 is 1.26. The van der Waals surface area contributed by atoms with E-state index in [9.17, 15) is 4.79 Å². The summed E-state index contributed by atoms with van der Waals surface area (Å²) >= 11 is 2.44. The lowest BCUT2D eigenvalue weighted by Crippen LogP contribution is -2.25. The molecule has 2 aromatic rings. The van der Waals surface area contributed by atoms with E-state index in [4.69, 9.17) is 0 Å². The SMILES string of the molecule is O=C1CN=C(c2ccc(N3CCCCCC3)c(I)c2)c2ccccc21. The molecule has 0 atom stereocenters. The van der Waals surface area contributed by atoms with E-state index in [1.165, 1.54) is 34.9 Å². The number of ketones is 1. The smallest absolute Gasteiger partial charge is 0.184 e. The summed E-state index contributed by atoms with van der Waals surface area (Å²) in [5.41, 5.74) is 5.11. The number of hydrogen-bond donors (Lipinski definition) is 0. The van der Waals surface area contributed by atoms with Gasteiger partial charge in [-0.3, -0.25) is 9.79 Å². The lowest BCUT2D eigenvalue weighted by atomic mass is 9.92. The van der Waals surface area contributed by atoms with Gasteiger partial charge in [-0.15, -0.1) is 0 Å². The van der Waals surface area contributed by atoms with E-state index in [2.05, 4.69) is 50.7 Å². The van der Waals surface area contributed by atoms with Crippen molar-refractivity contribution in [3.8, 4) is 0 Å². The molecule has 0 aliphatic carbocycles. The molecule has 2 aromatic carbocycles. The van der Waals surface area contributed by atoms with Crippen LogP contribution in [0.5, 0.6) is 0 Å². The highest BCUT2D eigenvalue weighted by Gasteiger charge is 2.22. The quantitative estimate of drug-likeness (QED) is 0.629. The Kier molecular flexibility index (Phi) is 4.88. The molecule has 3 nitrogen and oxygen atoms in total. The molecule has 0 bridgehead atoms. The van der Waals surface area contributed by atoms with Crippen molar-refractivity contribution in [2.45, 2.75) is 25.7 Å². The van der Waals surface area contributed by atoms with Crippen LogP contribution in [0.15, 0.2) is 47.5 Å². The Morgan fingerprint density at radius 2 is 1.64 bits per heavy atom. The maximum absolute atomic E-state index is 12.1. The Bertz CT molecular complexity index is 836. The maximum Gasteiger partial charge on any atom is 0.184 e. The van der Waals surface area contributed by atoms with E-state index >= 15 is 0 Å². The number of Topliss-reactive ketones (excluding diaryl/α,β-unsaturated/α-hetero) is 1.